The van der Waals surface area contributed by atoms with E-state index in [2.05, 4.69) is 89.1 Å². The number of hydrogen-bond donors (Lipinski definition) is 21. The fraction of sp³-hybridized carbons (Fsp3) is 0.451. The lowest BCUT2D eigenvalue weighted by Crippen LogP contribution is -2.61. The van der Waals surface area contributed by atoms with Crippen LogP contribution in [0.5, 0.6) is 11.5 Å². The van der Waals surface area contributed by atoms with E-state index in [9.17, 15) is 97.5 Å². The van der Waals surface area contributed by atoms with E-state index in [1.807, 2.05) is 0 Å². The van der Waals surface area contributed by atoms with Crippen LogP contribution >= 0.6 is 37.0 Å². The van der Waals surface area contributed by atoms with E-state index in [0.717, 1.165) is 5.56 Å². The van der Waals surface area contributed by atoms with Crippen LogP contribution in [0.1, 0.15) is 81.5 Å². The van der Waals surface area contributed by atoms with Gasteiger partial charge in [0, 0.05) is 30.8 Å². The molecule has 0 aliphatic rings. The Morgan fingerprint density at radius 1 is 0.407 bits per heavy atom. The van der Waals surface area contributed by atoms with Crippen molar-refractivity contribution in [3.8, 4) is 11.5 Å². The molecule has 37 heteroatoms. The molecule has 12 amide bonds. The first-order valence-electron chi connectivity index (χ1n) is 34.3. The molecule has 4 rings (SSSR count). The Hall–Kier alpha value is -10.5. The van der Waals surface area contributed by atoms with E-state index < -0.39 is 192 Å². The van der Waals surface area contributed by atoms with Gasteiger partial charge in [0.1, 0.15) is 78.0 Å². The smallest absolute Gasteiger partial charge is 0.326 e. The van der Waals surface area contributed by atoms with Gasteiger partial charge >= 0.3 is 17.9 Å². The Bertz CT molecular complexity index is 3720. The maximum atomic E-state index is 14.5. The average molecular weight is 1560 g/mol. The van der Waals surface area contributed by atoms with E-state index in [0.29, 0.717) is 29.5 Å². The largest absolute Gasteiger partial charge is 0.508 e. The van der Waals surface area contributed by atoms with Crippen LogP contribution in [0.3, 0.4) is 0 Å². The Morgan fingerprint density at radius 2 is 0.787 bits per heavy atom. The first-order valence-corrected chi connectivity index (χ1v) is 37.0. The van der Waals surface area contributed by atoms with Gasteiger partial charge in [-0.05, 0) is 110 Å². The summed E-state index contributed by atoms with van der Waals surface area (Å²) < 4.78 is 0. The predicted octanol–water partition coefficient (Wildman–Crippen LogP) is -2.40. The molecule has 4 aromatic rings. The van der Waals surface area contributed by atoms with Gasteiger partial charge in [-0.1, -0.05) is 98.8 Å². The second kappa shape index (κ2) is 46.6. The molecule has 21 N–H and O–H groups in total. The topological polar surface area (TPSA) is 554 Å². The first kappa shape index (κ1) is 89.9. The van der Waals surface area contributed by atoms with Crippen molar-refractivity contribution in [2.45, 2.75) is 157 Å². The van der Waals surface area contributed by atoms with Crippen molar-refractivity contribution in [2.75, 3.05) is 36.6 Å². The monoisotopic (exact) mass is 1560 g/mol. The quantitative estimate of drug-likeness (QED) is 0.0162. The number of nitrogens with one attached hydrogen (secondary N) is 12. The van der Waals surface area contributed by atoms with E-state index in [1.165, 1.54) is 81.1 Å². The number of aliphatic carboxylic acids is 3. The summed E-state index contributed by atoms with van der Waals surface area (Å²) in [6, 6.07) is 9.62. The Balaban J connectivity index is 1.53. The van der Waals surface area contributed by atoms with Crippen LogP contribution in [-0.2, 0) is 97.6 Å². The van der Waals surface area contributed by atoms with E-state index >= 15 is 0 Å². The zero-order valence-electron chi connectivity index (χ0n) is 59.8. The molecule has 0 saturated carbocycles. The normalized spacial score (nSPS) is 14.3. The van der Waals surface area contributed by atoms with Gasteiger partial charge in [-0.15, -0.1) is 0 Å². The standard InChI is InChI=1S/C71H96N14O20S3/c1-38(2)59(70(103)78-48(71(104)105)17-11-12-27-72)85-67(100)53(34-58(91)92)82-63(96)47(26-28-108-4)77-66(99)51(32-43-20-24-45(87)25-21-43)80-68(101)54(36-106)83-60(93)39(3)75-64(97)50(31-42-18-22-44(86)23-19-42)79-65(98)49(30-41-15-9-6-10-16-41)76-56(88)35-74-62(95)52(33-57(89)90)81-69(102)55(37-107)84-61(94)46(73)29-40-13-7-5-8-14-40/h5-10,13-16,18-25,38-39,46-55,59,86-87,106-107H,11-12,17,26-37,72-73H2,1-4H3,(H,74,95)(H,75,97)(H,76,88)(H,77,99)(H,78,103)(H,79,98)(H,80,101)(H,81,102)(H,82,96)(H,83,93)(H,84,94)(H,85,100)(H,89,90)(H,91,92)(H,104,105)/t39-,46+,47-,48-,49-,50-,51+,52-,53-,54-,55-,59-/m0/s1. The minimum atomic E-state index is -1.87. The number of benzene rings is 4. The number of carbonyl (C=O) groups excluding carboxylic acids is 12. The molecule has 0 spiro atoms. The highest BCUT2D eigenvalue weighted by Crippen LogP contribution is 2.16. The molecule has 4 aromatic carbocycles. The SMILES string of the molecule is CSCC[C@H](NC(=O)[C@@H](Cc1ccc(O)cc1)NC(=O)[C@H](CS)NC(=O)[C@H](C)NC(=O)[C@H](Cc1ccc(O)cc1)NC(=O)[C@H](Cc1ccccc1)NC(=O)CNC(=O)[C@H](CC(=O)O)NC(=O)[C@H](CS)NC(=O)[C@H](N)Cc1ccccc1)C(=O)N[C@@H](CC(=O)O)C(=O)N[C@H](C(=O)N[C@@H](CCCCN)C(=O)O)C(C)C. The van der Waals surface area contributed by atoms with Crippen molar-refractivity contribution < 1.29 is 97.5 Å². The van der Waals surface area contributed by atoms with Crippen LogP contribution < -0.4 is 75.3 Å². The maximum Gasteiger partial charge on any atom is 0.326 e. The lowest BCUT2D eigenvalue weighted by Gasteiger charge is -2.28. The van der Waals surface area contributed by atoms with Gasteiger partial charge < -0.3 is 101 Å². The third kappa shape index (κ3) is 31.9. The summed E-state index contributed by atoms with van der Waals surface area (Å²) in [7, 11) is 0. The summed E-state index contributed by atoms with van der Waals surface area (Å²) in [6.07, 6.45) is -0.363. The van der Waals surface area contributed by atoms with Gasteiger partial charge in [0.25, 0.3) is 0 Å². The number of nitrogens with two attached hydrogens (primary N) is 2. The van der Waals surface area contributed by atoms with Crippen molar-refractivity contribution >= 4 is 126 Å². The van der Waals surface area contributed by atoms with Gasteiger partial charge in [-0.3, -0.25) is 67.1 Å². The molecule has 34 nitrogen and oxygen atoms in total. The highest BCUT2D eigenvalue weighted by atomic mass is 32.2. The molecule has 12 atom stereocenters. The van der Waals surface area contributed by atoms with Crippen LogP contribution in [0.2, 0.25) is 0 Å². The Kier molecular flexibility index (Phi) is 38.7. The molecular weight excluding hydrogens is 1470 g/mol. The summed E-state index contributed by atoms with van der Waals surface area (Å²) >= 11 is 9.67. The number of phenols is 2. The van der Waals surface area contributed by atoms with E-state index in [1.54, 1.807) is 66.9 Å². The molecule has 0 unspecified atom stereocenters. The number of unbranched alkanes of at least 4 members (excludes halogenated alkanes) is 1. The number of carboxylic acids is 3. The highest BCUT2D eigenvalue weighted by molar-refractivity contribution is 7.98. The van der Waals surface area contributed by atoms with Crippen LogP contribution in [0.25, 0.3) is 0 Å². The van der Waals surface area contributed by atoms with Crippen molar-refractivity contribution in [1.29, 1.82) is 0 Å². The summed E-state index contributed by atoms with van der Waals surface area (Å²) in [5.74, 6) is -18.0. The molecule has 108 heavy (non-hydrogen) atoms. The third-order valence-electron chi connectivity index (χ3n) is 16.5. The van der Waals surface area contributed by atoms with Gasteiger partial charge in [-0.25, -0.2) is 4.79 Å². The average Bonchev–Trinajstić information content (AvgIpc) is 0.848. The fourth-order valence-electron chi connectivity index (χ4n) is 10.5. The summed E-state index contributed by atoms with van der Waals surface area (Å²) in [5, 5.41) is 78.8. The number of amides is 12. The number of rotatable bonds is 47. The highest BCUT2D eigenvalue weighted by Gasteiger charge is 2.37. The Morgan fingerprint density at radius 3 is 1.23 bits per heavy atom. The lowest BCUT2D eigenvalue weighted by atomic mass is 10.0. The van der Waals surface area contributed by atoms with Crippen molar-refractivity contribution in [2.24, 2.45) is 17.4 Å². The molecule has 0 heterocycles. The minimum absolute atomic E-state index is 0.0146. The molecule has 0 radical (unpaired) electrons. The van der Waals surface area contributed by atoms with Crippen molar-refractivity contribution in [1.82, 2.24) is 63.8 Å². The number of thioether (sulfide) groups is 1. The van der Waals surface area contributed by atoms with Crippen molar-refractivity contribution in [3.63, 3.8) is 0 Å². The van der Waals surface area contributed by atoms with Crippen LogP contribution in [0.15, 0.2) is 109 Å². The fourth-order valence-corrected chi connectivity index (χ4v) is 11.5. The van der Waals surface area contributed by atoms with E-state index in [4.69, 9.17) is 11.5 Å². The lowest BCUT2D eigenvalue weighted by molar-refractivity contribution is -0.143. The molecule has 0 aromatic heterocycles. The first-order chi connectivity index (χ1) is 51.2. The number of carbonyl (C=O) groups is 15. The van der Waals surface area contributed by atoms with E-state index in [-0.39, 0.29) is 68.1 Å². The number of thiol groups is 2. The predicted molar refractivity (Wildman–Crippen MR) is 402 cm³/mol. The number of aromatic hydroxyl groups is 2. The zero-order valence-corrected chi connectivity index (χ0v) is 62.4. The second-order valence-corrected chi connectivity index (χ2v) is 27.2. The molecule has 0 aliphatic heterocycles. The summed E-state index contributed by atoms with van der Waals surface area (Å²) in [5.41, 5.74) is 13.6. The number of carboxylic acid groups (broad SMARTS) is 3. The summed E-state index contributed by atoms with van der Waals surface area (Å²) in [4.78, 5) is 203. The minimum Gasteiger partial charge on any atom is -0.508 e. The molecule has 0 saturated heterocycles. The van der Waals surface area contributed by atoms with Crippen molar-refractivity contribution in [3.05, 3.63) is 131 Å². The molecule has 0 aliphatic carbocycles. The molecular formula is C71H96N14O20S3. The van der Waals surface area contributed by atoms with Crippen LogP contribution in [0.4, 0.5) is 0 Å². The summed E-state index contributed by atoms with van der Waals surface area (Å²) in [6.45, 7) is 3.67. The molecule has 0 fully saturated rings. The number of hydrogen-bond acceptors (Lipinski definition) is 22. The second-order valence-electron chi connectivity index (χ2n) is 25.5. The van der Waals surface area contributed by atoms with Gasteiger partial charge in [0.15, 0.2) is 0 Å². The molecule has 0 bridgehead atoms. The number of phenolic OH excluding ortho intramolecular Hbond substituents is 2. The van der Waals surface area contributed by atoms with Crippen LogP contribution in [0, 0.1) is 5.92 Å². The maximum absolute atomic E-state index is 14.5. The van der Waals surface area contributed by atoms with Gasteiger partial charge in [0.2, 0.25) is 70.9 Å². The molecule has 588 valence electrons. The van der Waals surface area contributed by atoms with Crippen LogP contribution in [-0.4, -0.2) is 223 Å². The Labute approximate surface area is 638 Å². The zero-order chi connectivity index (χ0) is 80.2. The third-order valence-corrected chi connectivity index (χ3v) is 17.8. The van der Waals surface area contributed by atoms with Gasteiger partial charge in [0.05, 0.1) is 25.4 Å². The van der Waals surface area contributed by atoms with Gasteiger partial charge in [-0.2, -0.15) is 37.0 Å².